The van der Waals surface area contributed by atoms with Gasteiger partial charge in [0.05, 0.1) is 43.4 Å². The zero-order chi connectivity index (χ0) is 37.2. The Bertz CT molecular complexity index is 1060. The summed E-state index contributed by atoms with van der Waals surface area (Å²) in [4.78, 5) is 37.5. The van der Waals surface area contributed by atoms with Gasteiger partial charge >= 0.3 is 17.9 Å². The van der Waals surface area contributed by atoms with Crippen LogP contribution in [-0.2, 0) is 42.8 Å². The summed E-state index contributed by atoms with van der Waals surface area (Å²) in [5, 5.41) is 0. The van der Waals surface area contributed by atoms with E-state index in [2.05, 4.69) is 25.3 Å². The molecule has 3 saturated carbocycles. The Morgan fingerprint density at radius 2 is 1.15 bits per heavy atom. The third kappa shape index (κ3) is 18.1. The van der Waals surface area contributed by atoms with Crippen LogP contribution in [0.1, 0.15) is 155 Å². The van der Waals surface area contributed by atoms with Gasteiger partial charge in [0.25, 0.3) is 0 Å². The molecule has 52 heavy (non-hydrogen) atoms. The van der Waals surface area contributed by atoms with Gasteiger partial charge in [-0.15, -0.1) is 11.8 Å². The third-order valence-electron chi connectivity index (χ3n) is 10.9. The van der Waals surface area contributed by atoms with E-state index in [1.165, 1.54) is 6.08 Å². The lowest BCUT2D eigenvalue weighted by Gasteiger charge is -2.35. The lowest BCUT2D eigenvalue weighted by molar-refractivity contribution is -0.170. The standard InChI is InChI=1S/C43H70O9/c1-4-7-12-32-51-43(46)39-33-38(26-27-40(39)49-30-15-10-8-13-28-47-36-22-18-34(17-5-2)19-23-36)52-42(45)35-20-24-37(25-21-35)48-29-14-9-11-16-31-50-41(44)6-3/h6,34-40H,3-4,7-16,18-33H2,1-2H3. The van der Waals surface area contributed by atoms with Crippen LogP contribution in [0.15, 0.2) is 12.7 Å². The highest BCUT2D eigenvalue weighted by Gasteiger charge is 2.39. The van der Waals surface area contributed by atoms with Gasteiger partial charge in [-0.1, -0.05) is 45.6 Å². The van der Waals surface area contributed by atoms with Gasteiger partial charge in [0, 0.05) is 38.2 Å². The molecule has 3 aliphatic rings. The lowest BCUT2D eigenvalue weighted by Crippen LogP contribution is -2.42. The number of unbranched alkanes of at least 4 members (excludes halogenated alkanes) is 8. The number of hydrogen-bond acceptors (Lipinski definition) is 9. The fourth-order valence-electron chi connectivity index (χ4n) is 7.68. The van der Waals surface area contributed by atoms with Crippen LogP contribution in [0.3, 0.4) is 0 Å². The first-order valence-electron chi connectivity index (χ1n) is 20.9. The van der Waals surface area contributed by atoms with Gasteiger partial charge in [-0.25, -0.2) is 4.79 Å². The number of hydrogen-bond donors (Lipinski definition) is 0. The SMILES string of the molecule is C=CC(=O)OCCCCCCOC1CCC(C(=O)OC2CCC(OCCCCCCOC3CCC(C#CC)CC3)C(C(=O)OCCCCC)C2)CC1. The molecule has 0 heterocycles. The Labute approximate surface area is 315 Å². The first-order valence-corrected chi connectivity index (χ1v) is 20.9. The number of carbonyl (C=O) groups is 3. The van der Waals surface area contributed by atoms with E-state index in [1.54, 1.807) is 0 Å². The fourth-order valence-corrected chi connectivity index (χ4v) is 7.68. The molecule has 3 unspecified atom stereocenters. The molecule has 9 heteroatoms. The van der Waals surface area contributed by atoms with Gasteiger partial charge in [0.2, 0.25) is 0 Å². The van der Waals surface area contributed by atoms with Gasteiger partial charge in [-0.3, -0.25) is 9.59 Å². The van der Waals surface area contributed by atoms with Crippen LogP contribution in [0.4, 0.5) is 0 Å². The van der Waals surface area contributed by atoms with Crippen LogP contribution >= 0.6 is 0 Å². The topological polar surface area (TPSA) is 107 Å². The molecule has 3 fully saturated rings. The molecule has 3 atom stereocenters. The van der Waals surface area contributed by atoms with E-state index in [0.29, 0.717) is 57.7 Å². The molecule has 0 aromatic heterocycles. The predicted molar refractivity (Wildman–Crippen MR) is 202 cm³/mol. The van der Waals surface area contributed by atoms with E-state index in [1.807, 2.05) is 6.92 Å². The van der Waals surface area contributed by atoms with Crippen molar-refractivity contribution >= 4 is 17.9 Å². The van der Waals surface area contributed by atoms with E-state index in [4.69, 9.17) is 28.4 Å². The second-order valence-corrected chi connectivity index (χ2v) is 15.0. The molecule has 0 saturated heterocycles. The summed E-state index contributed by atoms with van der Waals surface area (Å²) in [6.07, 6.45) is 21.9. The van der Waals surface area contributed by atoms with Crippen LogP contribution in [0.25, 0.3) is 0 Å². The third-order valence-corrected chi connectivity index (χ3v) is 10.9. The van der Waals surface area contributed by atoms with Gasteiger partial charge in [-0.2, -0.15) is 0 Å². The number of carbonyl (C=O) groups excluding carboxylic acids is 3. The summed E-state index contributed by atoms with van der Waals surface area (Å²) in [6.45, 7) is 10.5. The Hall–Kier alpha value is -2.41. The van der Waals surface area contributed by atoms with E-state index in [0.717, 1.165) is 129 Å². The van der Waals surface area contributed by atoms with Crippen molar-refractivity contribution in [2.45, 2.75) is 180 Å². The van der Waals surface area contributed by atoms with Crippen LogP contribution in [0.5, 0.6) is 0 Å². The molecule has 3 aliphatic carbocycles. The second-order valence-electron chi connectivity index (χ2n) is 15.0. The zero-order valence-electron chi connectivity index (χ0n) is 32.6. The largest absolute Gasteiger partial charge is 0.465 e. The van der Waals surface area contributed by atoms with Crippen LogP contribution in [-0.4, -0.2) is 75.4 Å². The molecule has 0 radical (unpaired) electrons. The van der Waals surface area contributed by atoms with Gasteiger partial charge < -0.3 is 28.4 Å². The minimum absolute atomic E-state index is 0.118. The van der Waals surface area contributed by atoms with E-state index in [9.17, 15) is 14.4 Å². The van der Waals surface area contributed by atoms with Crippen LogP contribution in [0, 0.1) is 29.6 Å². The van der Waals surface area contributed by atoms with Crippen molar-refractivity contribution < 1.29 is 42.8 Å². The minimum atomic E-state index is -0.411. The Kier molecular flexibility index (Phi) is 23.0. The first kappa shape index (κ1) is 44.0. The zero-order valence-corrected chi connectivity index (χ0v) is 32.6. The molecular formula is C43H70O9. The highest BCUT2D eigenvalue weighted by Crippen LogP contribution is 2.33. The first-order chi connectivity index (χ1) is 25.4. The lowest BCUT2D eigenvalue weighted by atomic mass is 9.84. The fraction of sp³-hybridized carbons (Fsp3) is 0.837. The van der Waals surface area contributed by atoms with Crippen molar-refractivity contribution in [1.29, 1.82) is 0 Å². The van der Waals surface area contributed by atoms with Crippen LogP contribution < -0.4 is 0 Å². The normalized spacial score (nSPS) is 26.1. The summed E-state index contributed by atoms with van der Waals surface area (Å²) < 4.78 is 35.3. The van der Waals surface area contributed by atoms with E-state index in [-0.39, 0.29) is 42.1 Å². The highest BCUT2D eigenvalue weighted by atomic mass is 16.6. The summed E-state index contributed by atoms with van der Waals surface area (Å²) >= 11 is 0. The molecule has 296 valence electrons. The van der Waals surface area contributed by atoms with E-state index < -0.39 is 5.92 Å². The molecule has 0 N–H and O–H groups in total. The Morgan fingerprint density at radius 1 is 0.615 bits per heavy atom. The molecular weight excluding hydrogens is 660 g/mol. The molecule has 0 amide bonds. The summed E-state index contributed by atoms with van der Waals surface area (Å²) in [5.74, 6) is 5.65. The maximum absolute atomic E-state index is 13.2. The number of esters is 3. The summed E-state index contributed by atoms with van der Waals surface area (Å²) in [5.41, 5.74) is 0. The van der Waals surface area contributed by atoms with Crippen molar-refractivity contribution in [3.05, 3.63) is 12.7 Å². The molecule has 0 spiro atoms. The monoisotopic (exact) mass is 731 g/mol. The quantitative estimate of drug-likeness (QED) is 0.0299. The van der Waals surface area contributed by atoms with E-state index >= 15 is 0 Å². The molecule has 9 nitrogen and oxygen atoms in total. The smallest absolute Gasteiger partial charge is 0.330 e. The molecule has 0 aromatic rings. The van der Waals surface area contributed by atoms with Crippen molar-refractivity contribution in [3.63, 3.8) is 0 Å². The summed E-state index contributed by atoms with van der Waals surface area (Å²) in [7, 11) is 0. The van der Waals surface area contributed by atoms with Gasteiger partial charge in [0.1, 0.15) is 6.10 Å². The van der Waals surface area contributed by atoms with Crippen molar-refractivity contribution in [2.75, 3.05) is 33.0 Å². The Morgan fingerprint density at radius 3 is 1.75 bits per heavy atom. The average molecular weight is 731 g/mol. The van der Waals surface area contributed by atoms with Crippen molar-refractivity contribution in [1.82, 2.24) is 0 Å². The number of ether oxygens (including phenoxy) is 6. The summed E-state index contributed by atoms with van der Waals surface area (Å²) in [6, 6.07) is 0. The second kappa shape index (κ2) is 27.2. The predicted octanol–water partition coefficient (Wildman–Crippen LogP) is 8.84. The minimum Gasteiger partial charge on any atom is -0.465 e. The van der Waals surface area contributed by atoms with Crippen LogP contribution in [0.2, 0.25) is 0 Å². The average Bonchev–Trinajstić information content (AvgIpc) is 3.16. The maximum atomic E-state index is 13.2. The number of rotatable bonds is 25. The van der Waals surface area contributed by atoms with Crippen molar-refractivity contribution in [2.24, 2.45) is 17.8 Å². The molecule has 0 aliphatic heterocycles. The highest BCUT2D eigenvalue weighted by molar-refractivity contribution is 5.81. The maximum Gasteiger partial charge on any atom is 0.330 e. The molecule has 0 bridgehead atoms. The van der Waals surface area contributed by atoms with Gasteiger partial charge in [0.15, 0.2) is 0 Å². The van der Waals surface area contributed by atoms with Gasteiger partial charge in [-0.05, 0) is 110 Å². The Balaban J connectivity index is 1.30. The van der Waals surface area contributed by atoms with Crippen molar-refractivity contribution in [3.8, 4) is 11.8 Å². The molecule has 0 aromatic carbocycles. The molecule has 3 rings (SSSR count).